The van der Waals surface area contributed by atoms with Crippen LogP contribution in [0.2, 0.25) is 0 Å². The molecule has 0 aromatic heterocycles. The number of methoxy groups -OCH3 is 2. The molecular weight excluding hydrogens is 248 g/mol. The van der Waals surface area contributed by atoms with Gasteiger partial charge in [-0.05, 0) is 44.3 Å². The molecule has 0 fully saturated rings. The molecular formula is C13H20N2O2S. The Hall–Kier alpha value is -1.49. The van der Waals surface area contributed by atoms with Crippen molar-refractivity contribution in [1.82, 2.24) is 10.6 Å². The first kappa shape index (κ1) is 14.6. The van der Waals surface area contributed by atoms with Gasteiger partial charge in [0.1, 0.15) is 11.5 Å². The van der Waals surface area contributed by atoms with Gasteiger partial charge in [-0.3, -0.25) is 0 Å². The third kappa shape index (κ3) is 3.77. The van der Waals surface area contributed by atoms with Crippen LogP contribution in [-0.4, -0.2) is 25.9 Å². The van der Waals surface area contributed by atoms with Gasteiger partial charge in [-0.15, -0.1) is 0 Å². The quantitative estimate of drug-likeness (QED) is 0.802. The summed E-state index contributed by atoms with van der Waals surface area (Å²) in [6, 6.07) is 5.76. The summed E-state index contributed by atoms with van der Waals surface area (Å²) in [6.45, 7) is 4.83. The molecule has 1 aromatic carbocycles. The first-order valence-corrected chi connectivity index (χ1v) is 6.29. The standard InChI is InChI=1S/C13H20N2O2S/c1-5-14-13(18)15-9(2)11-8-10(16-3)6-7-12(11)17-4/h6-9H,5H2,1-4H3,(H2,14,15,18)/t9-/m1/s1. The second kappa shape index (κ2) is 7.06. The predicted octanol–water partition coefficient (Wildman–Crippen LogP) is 2.25. The van der Waals surface area contributed by atoms with E-state index in [0.29, 0.717) is 5.11 Å². The number of rotatable bonds is 5. The Kier molecular flexibility index (Phi) is 5.71. The molecule has 0 saturated carbocycles. The lowest BCUT2D eigenvalue weighted by atomic mass is 10.1. The Morgan fingerprint density at radius 3 is 2.61 bits per heavy atom. The van der Waals surface area contributed by atoms with Crippen molar-refractivity contribution in [1.29, 1.82) is 0 Å². The lowest BCUT2D eigenvalue weighted by Gasteiger charge is -2.19. The van der Waals surface area contributed by atoms with Crippen molar-refractivity contribution in [3.63, 3.8) is 0 Å². The zero-order valence-corrected chi connectivity index (χ0v) is 12.1. The van der Waals surface area contributed by atoms with Gasteiger partial charge in [-0.1, -0.05) is 0 Å². The summed E-state index contributed by atoms with van der Waals surface area (Å²) in [5.41, 5.74) is 1.01. The smallest absolute Gasteiger partial charge is 0.166 e. The van der Waals surface area contributed by atoms with Crippen LogP contribution in [0.25, 0.3) is 0 Å². The topological polar surface area (TPSA) is 42.5 Å². The summed E-state index contributed by atoms with van der Waals surface area (Å²) in [4.78, 5) is 0. The van der Waals surface area contributed by atoms with E-state index in [1.54, 1.807) is 14.2 Å². The van der Waals surface area contributed by atoms with Crippen molar-refractivity contribution in [2.24, 2.45) is 0 Å². The minimum absolute atomic E-state index is 0.0431. The molecule has 0 heterocycles. The molecule has 0 radical (unpaired) electrons. The molecule has 18 heavy (non-hydrogen) atoms. The second-order valence-electron chi connectivity index (χ2n) is 3.83. The highest BCUT2D eigenvalue weighted by atomic mass is 32.1. The van der Waals surface area contributed by atoms with E-state index in [-0.39, 0.29) is 6.04 Å². The molecule has 0 aliphatic heterocycles. The fourth-order valence-electron chi connectivity index (χ4n) is 1.66. The predicted molar refractivity (Wildman–Crippen MR) is 77.4 cm³/mol. The minimum Gasteiger partial charge on any atom is -0.497 e. The van der Waals surface area contributed by atoms with Crippen molar-refractivity contribution in [3.05, 3.63) is 23.8 Å². The summed E-state index contributed by atoms with van der Waals surface area (Å²) in [5, 5.41) is 6.90. The van der Waals surface area contributed by atoms with E-state index in [1.165, 1.54) is 0 Å². The molecule has 1 atom stereocenters. The number of benzene rings is 1. The summed E-state index contributed by atoms with van der Waals surface area (Å²) >= 11 is 5.18. The first-order valence-electron chi connectivity index (χ1n) is 5.88. The number of thiocarbonyl (C=S) groups is 1. The van der Waals surface area contributed by atoms with Gasteiger partial charge in [0.05, 0.1) is 20.3 Å². The van der Waals surface area contributed by atoms with Crippen molar-refractivity contribution in [3.8, 4) is 11.5 Å². The maximum absolute atomic E-state index is 5.35. The molecule has 1 rings (SSSR count). The molecule has 2 N–H and O–H groups in total. The zero-order chi connectivity index (χ0) is 13.5. The largest absolute Gasteiger partial charge is 0.497 e. The van der Waals surface area contributed by atoms with E-state index in [2.05, 4.69) is 10.6 Å². The lowest BCUT2D eigenvalue weighted by molar-refractivity contribution is 0.395. The molecule has 1 aromatic rings. The van der Waals surface area contributed by atoms with Crippen LogP contribution in [0.5, 0.6) is 11.5 Å². The highest BCUT2D eigenvalue weighted by Crippen LogP contribution is 2.29. The first-order chi connectivity index (χ1) is 8.62. The molecule has 0 spiro atoms. The Morgan fingerprint density at radius 2 is 2.06 bits per heavy atom. The average Bonchev–Trinajstić information content (AvgIpc) is 2.38. The van der Waals surface area contributed by atoms with E-state index in [4.69, 9.17) is 21.7 Å². The van der Waals surface area contributed by atoms with Gasteiger partial charge >= 0.3 is 0 Å². The fraction of sp³-hybridized carbons (Fsp3) is 0.462. The Morgan fingerprint density at radius 1 is 1.33 bits per heavy atom. The summed E-state index contributed by atoms with van der Waals surface area (Å²) in [6.07, 6.45) is 0. The molecule has 0 unspecified atom stereocenters. The molecule has 5 heteroatoms. The SMILES string of the molecule is CCNC(=S)N[C@H](C)c1cc(OC)ccc1OC. The number of nitrogens with one attached hydrogen (secondary N) is 2. The monoisotopic (exact) mass is 268 g/mol. The minimum atomic E-state index is 0.0431. The van der Waals surface area contributed by atoms with Gasteiger partial charge in [0, 0.05) is 12.1 Å². The summed E-state index contributed by atoms with van der Waals surface area (Å²) in [7, 11) is 3.30. The molecule has 0 saturated heterocycles. The van der Waals surface area contributed by atoms with E-state index in [1.807, 2.05) is 32.0 Å². The van der Waals surface area contributed by atoms with Crippen molar-refractivity contribution >= 4 is 17.3 Å². The van der Waals surface area contributed by atoms with Gasteiger partial charge in [0.25, 0.3) is 0 Å². The Bertz CT molecular complexity index is 410. The van der Waals surface area contributed by atoms with Gasteiger partial charge in [-0.2, -0.15) is 0 Å². The van der Waals surface area contributed by atoms with Crippen LogP contribution in [0.4, 0.5) is 0 Å². The van der Waals surface area contributed by atoms with Crippen LogP contribution in [0.15, 0.2) is 18.2 Å². The number of hydrogen-bond acceptors (Lipinski definition) is 3. The number of ether oxygens (including phenoxy) is 2. The van der Waals surface area contributed by atoms with Crippen LogP contribution in [-0.2, 0) is 0 Å². The van der Waals surface area contributed by atoms with Crippen molar-refractivity contribution < 1.29 is 9.47 Å². The van der Waals surface area contributed by atoms with Crippen LogP contribution >= 0.6 is 12.2 Å². The Labute approximate surface area is 114 Å². The fourth-order valence-corrected chi connectivity index (χ4v) is 1.98. The van der Waals surface area contributed by atoms with E-state index < -0.39 is 0 Å². The maximum atomic E-state index is 5.35. The van der Waals surface area contributed by atoms with Crippen molar-refractivity contribution in [2.75, 3.05) is 20.8 Å². The molecule has 0 amide bonds. The van der Waals surface area contributed by atoms with E-state index >= 15 is 0 Å². The highest BCUT2D eigenvalue weighted by Gasteiger charge is 2.13. The molecule has 100 valence electrons. The van der Waals surface area contributed by atoms with E-state index in [9.17, 15) is 0 Å². The highest BCUT2D eigenvalue weighted by molar-refractivity contribution is 7.80. The van der Waals surface area contributed by atoms with Crippen LogP contribution < -0.4 is 20.1 Å². The van der Waals surface area contributed by atoms with Gasteiger partial charge < -0.3 is 20.1 Å². The van der Waals surface area contributed by atoms with Gasteiger partial charge in [0.2, 0.25) is 0 Å². The molecule has 0 aliphatic rings. The third-order valence-electron chi connectivity index (χ3n) is 2.59. The average molecular weight is 268 g/mol. The molecule has 0 aliphatic carbocycles. The van der Waals surface area contributed by atoms with Gasteiger partial charge in [0.15, 0.2) is 5.11 Å². The second-order valence-corrected chi connectivity index (χ2v) is 4.24. The third-order valence-corrected chi connectivity index (χ3v) is 2.85. The lowest BCUT2D eigenvalue weighted by Crippen LogP contribution is -2.36. The number of hydrogen-bond donors (Lipinski definition) is 2. The van der Waals surface area contributed by atoms with E-state index in [0.717, 1.165) is 23.6 Å². The van der Waals surface area contributed by atoms with Crippen LogP contribution in [0.1, 0.15) is 25.5 Å². The van der Waals surface area contributed by atoms with Gasteiger partial charge in [-0.25, -0.2) is 0 Å². The summed E-state index contributed by atoms with van der Waals surface area (Å²) in [5.74, 6) is 1.61. The van der Waals surface area contributed by atoms with Crippen LogP contribution in [0, 0.1) is 0 Å². The maximum Gasteiger partial charge on any atom is 0.166 e. The molecule has 4 nitrogen and oxygen atoms in total. The molecule has 0 bridgehead atoms. The van der Waals surface area contributed by atoms with Crippen LogP contribution in [0.3, 0.4) is 0 Å². The van der Waals surface area contributed by atoms with Crippen molar-refractivity contribution in [2.45, 2.75) is 19.9 Å². The zero-order valence-electron chi connectivity index (χ0n) is 11.2. The summed E-state index contributed by atoms with van der Waals surface area (Å²) < 4.78 is 10.6. The Balaban J connectivity index is 2.88. The normalized spacial score (nSPS) is 11.6.